The van der Waals surface area contributed by atoms with Crippen LogP contribution in [0.25, 0.3) is 0 Å². The molecule has 0 spiro atoms. The molecule has 0 aliphatic rings. The third kappa shape index (κ3) is 4.21. The molecule has 1 amide bonds. The van der Waals surface area contributed by atoms with E-state index in [1.54, 1.807) is 57.6 Å². The number of methoxy groups -OCH3 is 3. The molecular weight excluding hydrogens is 324 g/mol. The molecule has 1 aromatic carbocycles. The van der Waals surface area contributed by atoms with Crippen molar-refractivity contribution in [1.29, 1.82) is 0 Å². The molecule has 0 radical (unpaired) electrons. The lowest BCUT2D eigenvalue weighted by Gasteiger charge is -2.17. The first kappa shape index (κ1) is 18.6. The van der Waals surface area contributed by atoms with Gasteiger partial charge in [0.25, 0.3) is 0 Å². The summed E-state index contributed by atoms with van der Waals surface area (Å²) >= 11 is 0. The van der Waals surface area contributed by atoms with Crippen molar-refractivity contribution in [1.82, 2.24) is 20.4 Å². The van der Waals surface area contributed by atoms with Crippen molar-refractivity contribution in [2.24, 2.45) is 7.05 Å². The van der Waals surface area contributed by atoms with Crippen molar-refractivity contribution in [2.75, 3.05) is 28.4 Å². The quantitative estimate of drug-likeness (QED) is 0.741. The van der Waals surface area contributed by atoms with Crippen LogP contribution in [0.1, 0.15) is 17.2 Å². The van der Waals surface area contributed by atoms with Gasteiger partial charge < -0.3 is 24.8 Å². The Hall–Kier alpha value is -2.74. The van der Waals surface area contributed by atoms with Crippen LogP contribution in [0.15, 0.2) is 24.5 Å². The normalized spacial score (nSPS) is 11.7. The average molecular weight is 348 g/mol. The molecule has 0 aliphatic carbocycles. The summed E-state index contributed by atoms with van der Waals surface area (Å²) in [5.74, 6) is 1.59. The monoisotopic (exact) mass is 348 g/mol. The minimum atomic E-state index is -0.486. The largest absolute Gasteiger partial charge is 0.496 e. The third-order valence-corrected chi connectivity index (χ3v) is 3.85. The second-order valence-corrected chi connectivity index (χ2v) is 5.41. The molecule has 2 rings (SSSR count). The van der Waals surface area contributed by atoms with Crippen LogP contribution in [0.4, 0.5) is 0 Å². The first-order valence-electron chi connectivity index (χ1n) is 7.76. The Morgan fingerprint density at radius 3 is 2.32 bits per heavy atom. The summed E-state index contributed by atoms with van der Waals surface area (Å²) in [6.07, 6.45) is 3.47. The van der Waals surface area contributed by atoms with E-state index in [-0.39, 0.29) is 5.91 Å². The molecule has 2 N–H and O–H groups in total. The molecule has 1 aromatic heterocycles. The van der Waals surface area contributed by atoms with Gasteiger partial charge >= 0.3 is 0 Å². The Morgan fingerprint density at radius 2 is 1.80 bits per heavy atom. The van der Waals surface area contributed by atoms with E-state index in [2.05, 4.69) is 15.7 Å². The summed E-state index contributed by atoms with van der Waals surface area (Å²) in [6.45, 7) is 0.292. The number of carbonyl (C=O) groups excluding carboxylic acids is 1. The topological polar surface area (TPSA) is 86.6 Å². The number of nitrogens with zero attached hydrogens (tertiary/aromatic N) is 2. The van der Waals surface area contributed by atoms with Crippen LogP contribution in [-0.4, -0.2) is 44.1 Å². The summed E-state index contributed by atoms with van der Waals surface area (Å²) in [5, 5.41) is 10.0. The molecule has 136 valence electrons. The van der Waals surface area contributed by atoms with Crippen molar-refractivity contribution in [3.05, 3.63) is 35.7 Å². The SMILES string of the molecule is CNC(C(=O)NCc1cc(OC)c(OC)cc1OC)c1cnn(C)c1. The van der Waals surface area contributed by atoms with Gasteiger partial charge in [-0.3, -0.25) is 9.48 Å². The molecule has 0 saturated carbocycles. The van der Waals surface area contributed by atoms with Gasteiger partial charge in [-0.1, -0.05) is 0 Å². The number of hydrogen-bond donors (Lipinski definition) is 2. The molecule has 25 heavy (non-hydrogen) atoms. The number of carbonyl (C=O) groups is 1. The molecule has 2 aromatic rings. The van der Waals surface area contributed by atoms with E-state index in [1.807, 2.05) is 7.05 Å². The van der Waals surface area contributed by atoms with E-state index in [4.69, 9.17) is 14.2 Å². The van der Waals surface area contributed by atoms with E-state index in [0.29, 0.717) is 23.8 Å². The highest BCUT2D eigenvalue weighted by Gasteiger charge is 2.20. The van der Waals surface area contributed by atoms with Crippen LogP contribution in [0.3, 0.4) is 0 Å². The molecule has 0 bridgehead atoms. The minimum absolute atomic E-state index is 0.160. The Labute approximate surface area is 147 Å². The maximum atomic E-state index is 12.5. The molecule has 0 fully saturated rings. The maximum Gasteiger partial charge on any atom is 0.242 e. The summed E-state index contributed by atoms with van der Waals surface area (Å²) in [7, 11) is 8.23. The zero-order valence-corrected chi connectivity index (χ0v) is 15.1. The van der Waals surface area contributed by atoms with Gasteiger partial charge in [-0.15, -0.1) is 0 Å². The van der Waals surface area contributed by atoms with E-state index in [1.165, 1.54) is 0 Å². The Morgan fingerprint density at radius 1 is 1.16 bits per heavy atom. The number of likely N-dealkylation sites (N-methyl/N-ethyl adjacent to an activating group) is 1. The van der Waals surface area contributed by atoms with Gasteiger partial charge in [0.2, 0.25) is 5.91 Å². The fraction of sp³-hybridized carbons (Fsp3) is 0.412. The first-order chi connectivity index (χ1) is 12.0. The van der Waals surface area contributed by atoms with Crippen LogP contribution >= 0.6 is 0 Å². The van der Waals surface area contributed by atoms with E-state index >= 15 is 0 Å². The van der Waals surface area contributed by atoms with Crippen molar-refractivity contribution >= 4 is 5.91 Å². The summed E-state index contributed by atoms with van der Waals surface area (Å²) in [6, 6.07) is 3.03. The lowest BCUT2D eigenvalue weighted by molar-refractivity contribution is -0.123. The first-order valence-corrected chi connectivity index (χ1v) is 7.76. The Balaban J connectivity index is 2.15. The molecular formula is C17H24N4O4. The van der Waals surface area contributed by atoms with Gasteiger partial charge in [-0.25, -0.2) is 0 Å². The smallest absolute Gasteiger partial charge is 0.242 e. The number of aryl methyl sites for hydroxylation is 1. The molecule has 1 unspecified atom stereocenters. The van der Waals surface area contributed by atoms with Crippen LogP contribution in [0, 0.1) is 0 Å². The second-order valence-electron chi connectivity index (χ2n) is 5.41. The number of aromatic nitrogens is 2. The highest BCUT2D eigenvalue weighted by atomic mass is 16.5. The van der Waals surface area contributed by atoms with Gasteiger partial charge in [0.1, 0.15) is 11.8 Å². The van der Waals surface area contributed by atoms with Gasteiger partial charge in [-0.2, -0.15) is 5.10 Å². The van der Waals surface area contributed by atoms with Gasteiger partial charge in [0.05, 0.1) is 27.5 Å². The van der Waals surface area contributed by atoms with Crippen molar-refractivity contribution < 1.29 is 19.0 Å². The van der Waals surface area contributed by atoms with E-state index in [9.17, 15) is 4.79 Å². The number of nitrogens with one attached hydrogen (secondary N) is 2. The van der Waals surface area contributed by atoms with Crippen molar-refractivity contribution in [2.45, 2.75) is 12.6 Å². The number of benzene rings is 1. The fourth-order valence-corrected chi connectivity index (χ4v) is 2.55. The Kier molecular flexibility index (Phi) is 6.24. The second kappa shape index (κ2) is 8.39. The van der Waals surface area contributed by atoms with Crippen molar-refractivity contribution in [3.63, 3.8) is 0 Å². The zero-order chi connectivity index (χ0) is 18.4. The molecule has 0 aliphatic heterocycles. The van der Waals surface area contributed by atoms with Crippen molar-refractivity contribution in [3.8, 4) is 17.2 Å². The van der Waals surface area contributed by atoms with Crippen LogP contribution in [0.5, 0.6) is 17.2 Å². The number of amides is 1. The molecule has 0 saturated heterocycles. The molecule has 1 heterocycles. The summed E-state index contributed by atoms with van der Waals surface area (Å²) in [5.41, 5.74) is 1.58. The fourth-order valence-electron chi connectivity index (χ4n) is 2.55. The lowest BCUT2D eigenvalue weighted by Crippen LogP contribution is -2.35. The molecule has 1 atom stereocenters. The van der Waals surface area contributed by atoms with E-state index in [0.717, 1.165) is 11.1 Å². The van der Waals surface area contributed by atoms with Crippen LogP contribution in [0.2, 0.25) is 0 Å². The molecule has 8 heteroatoms. The maximum absolute atomic E-state index is 12.5. The lowest BCUT2D eigenvalue weighted by atomic mass is 10.1. The predicted octanol–water partition coefficient (Wildman–Crippen LogP) is 1.02. The summed E-state index contributed by atoms with van der Waals surface area (Å²) in [4.78, 5) is 12.5. The van der Waals surface area contributed by atoms with Crippen LogP contribution < -0.4 is 24.8 Å². The summed E-state index contributed by atoms with van der Waals surface area (Å²) < 4.78 is 17.6. The number of hydrogen-bond acceptors (Lipinski definition) is 6. The van der Waals surface area contributed by atoms with Crippen LogP contribution in [-0.2, 0) is 18.4 Å². The molecule has 8 nitrogen and oxygen atoms in total. The zero-order valence-electron chi connectivity index (χ0n) is 15.1. The van der Waals surface area contributed by atoms with Gasteiger partial charge in [0, 0.05) is 37.0 Å². The standard InChI is InChI=1S/C17H24N4O4/c1-18-16(12-9-20-21(2)10-12)17(22)19-8-11-6-14(24-4)15(25-5)7-13(11)23-3/h6-7,9-10,16,18H,8H2,1-5H3,(H,19,22). The third-order valence-electron chi connectivity index (χ3n) is 3.85. The minimum Gasteiger partial charge on any atom is -0.496 e. The average Bonchev–Trinajstić information content (AvgIpc) is 3.05. The highest BCUT2D eigenvalue weighted by molar-refractivity contribution is 5.83. The predicted molar refractivity (Wildman–Crippen MR) is 93.0 cm³/mol. The Bertz CT molecular complexity index is 729. The number of rotatable bonds is 8. The number of ether oxygens (including phenoxy) is 3. The van der Waals surface area contributed by atoms with Gasteiger partial charge in [0.15, 0.2) is 11.5 Å². The van der Waals surface area contributed by atoms with Gasteiger partial charge in [-0.05, 0) is 13.1 Å². The van der Waals surface area contributed by atoms with E-state index < -0.39 is 6.04 Å². The highest BCUT2D eigenvalue weighted by Crippen LogP contribution is 2.34.